The Bertz CT molecular complexity index is 1980. The number of rotatable bonds is 8. The van der Waals surface area contributed by atoms with Gasteiger partial charge in [0.2, 0.25) is 0 Å². The first-order chi connectivity index (χ1) is 23.4. The SMILES string of the molecule is C=C(Cn1c(-c2ccc3nc(-c4ccc(F)cc4)ccc3c2)c(C2CCCCC2)c2sc(C(=O)O)cc21)N1CCC(N2CCCC2)CC1. The molecule has 1 saturated carbocycles. The number of piperidine rings is 1. The van der Waals surface area contributed by atoms with E-state index in [-0.39, 0.29) is 5.82 Å². The maximum atomic E-state index is 13.6. The van der Waals surface area contributed by atoms with Crippen molar-refractivity contribution < 1.29 is 14.3 Å². The number of fused-ring (bicyclic) bond motifs is 2. The Labute approximate surface area is 285 Å². The molecule has 3 aliphatic rings. The molecule has 3 fully saturated rings. The molecule has 6 nitrogen and oxygen atoms in total. The molecule has 0 bridgehead atoms. The summed E-state index contributed by atoms with van der Waals surface area (Å²) in [5.74, 6) is -0.738. The van der Waals surface area contributed by atoms with Gasteiger partial charge >= 0.3 is 5.97 Å². The minimum atomic E-state index is -0.865. The average molecular weight is 663 g/mol. The molecule has 3 aromatic heterocycles. The molecule has 5 heterocycles. The van der Waals surface area contributed by atoms with E-state index in [0.717, 1.165) is 69.6 Å². The Kier molecular flexibility index (Phi) is 8.55. The van der Waals surface area contributed by atoms with Crippen LogP contribution in [0.1, 0.15) is 78.9 Å². The van der Waals surface area contributed by atoms with Gasteiger partial charge in [-0.2, -0.15) is 0 Å². The van der Waals surface area contributed by atoms with Gasteiger partial charge in [0.25, 0.3) is 0 Å². The molecule has 2 saturated heterocycles. The van der Waals surface area contributed by atoms with E-state index in [4.69, 9.17) is 4.98 Å². The number of pyridine rings is 1. The van der Waals surface area contributed by atoms with Gasteiger partial charge < -0.3 is 19.5 Å². The number of benzene rings is 2. The van der Waals surface area contributed by atoms with Gasteiger partial charge in [0.15, 0.2) is 0 Å². The first-order valence-corrected chi connectivity index (χ1v) is 18.5. The van der Waals surface area contributed by atoms with E-state index in [1.165, 1.54) is 92.8 Å². The summed E-state index contributed by atoms with van der Waals surface area (Å²) in [4.78, 5) is 22.7. The van der Waals surface area contributed by atoms with Crippen molar-refractivity contribution in [2.75, 3.05) is 26.2 Å². The summed E-state index contributed by atoms with van der Waals surface area (Å²) in [5.41, 5.74) is 8.30. The Morgan fingerprint density at radius 2 is 1.60 bits per heavy atom. The third-order valence-electron chi connectivity index (χ3n) is 11.0. The number of hydrogen-bond donors (Lipinski definition) is 1. The van der Waals surface area contributed by atoms with Gasteiger partial charge in [0.1, 0.15) is 10.7 Å². The fraction of sp³-hybridized carbons (Fsp3) is 0.400. The van der Waals surface area contributed by atoms with Crippen LogP contribution in [0.4, 0.5) is 4.39 Å². The average Bonchev–Trinajstić information content (AvgIpc) is 3.87. The summed E-state index contributed by atoms with van der Waals surface area (Å²) in [7, 11) is 0. The molecule has 2 aliphatic heterocycles. The van der Waals surface area contributed by atoms with Crippen LogP contribution >= 0.6 is 11.3 Å². The molecule has 0 unspecified atom stereocenters. The molecule has 8 rings (SSSR count). The van der Waals surface area contributed by atoms with Crippen LogP contribution in [0.2, 0.25) is 0 Å². The van der Waals surface area contributed by atoms with Gasteiger partial charge in [0.05, 0.1) is 33.7 Å². The maximum absolute atomic E-state index is 13.6. The van der Waals surface area contributed by atoms with Crippen LogP contribution in [0.5, 0.6) is 0 Å². The molecular formula is C40H43FN4O2S. The van der Waals surface area contributed by atoms with Gasteiger partial charge in [-0.05, 0) is 117 Å². The quantitative estimate of drug-likeness (QED) is 0.179. The normalized spacial score (nSPS) is 18.3. The summed E-state index contributed by atoms with van der Waals surface area (Å²) >= 11 is 1.43. The van der Waals surface area contributed by atoms with Crippen molar-refractivity contribution in [2.24, 2.45) is 0 Å². The first kappa shape index (κ1) is 31.3. The summed E-state index contributed by atoms with van der Waals surface area (Å²) in [6, 6.07) is 19.6. The van der Waals surface area contributed by atoms with E-state index in [1.807, 2.05) is 12.1 Å². The summed E-state index contributed by atoms with van der Waals surface area (Å²) in [5, 5.41) is 11.1. The van der Waals surface area contributed by atoms with E-state index in [0.29, 0.717) is 23.4 Å². The van der Waals surface area contributed by atoms with Crippen LogP contribution < -0.4 is 0 Å². The highest BCUT2D eigenvalue weighted by Crippen LogP contribution is 2.47. The lowest BCUT2D eigenvalue weighted by Gasteiger charge is -2.38. The van der Waals surface area contributed by atoms with Crippen LogP contribution in [-0.2, 0) is 6.54 Å². The number of likely N-dealkylation sites (tertiary alicyclic amines) is 2. The zero-order valence-electron chi connectivity index (χ0n) is 27.5. The topological polar surface area (TPSA) is 61.6 Å². The molecule has 1 aliphatic carbocycles. The first-order valence-electron chi connectivity index (χ1n) is 17.7. The molecule has 8 heteroatoms. The van der Waals surface area contributed by atoms with Crippen molar-refractivity contribution in [1.29, 1.82) is 0 Å². The minimum Gasteiger partial charge on any atom is -0.477 e. The van der Waals surface area contributed by atoms with E-state index in [1.54, 1.807) is 12.1 Å². The molecule has 0 atom stereocenters. The zero-order chi connectivity index (χ0) is 32.8. The van der Waals surface area contributed by atoms with Gasteiger partial charge in [0, 0.05) is 35.8 Å². The molecule has 2 aromatic carbocycles. The fourth-order valence-electron chi connectivity index (χ4n) is 8.49. The second-order valence-electron chi connectivity index (χ2n) is 14.0. The highest BCUT2D eigenvalue weighted by atomic mass is 32.1. The fourth-order valence-corrected chi connectivity index (χ4v) is 9.61. The smallest absolute Gasteiger partial charge is 0.345 e. The number of carboxylic acids is 1. The van der Waals surface area contributed by atoms with Crippen molar-refractivity contribution in [3.8, 4) is 22.5 Å². The van der Waals surface area contributed by atoms with Crippen LogP contribution in [0.3, 0.4) is 0 Å². The number of carboxylic acid groups (broad SMARTS) is 1. The maximum Gasteiger partial charge on any atom is 0.345 e. The zero-order valence-corrected chi connectivity index (χ0v) is 28.3. The number of thiophene rings is 1. The summed E-state index contributed by atoms with van der Waals surface area (Å²) < 4.78 is 17.1. The molecule has 48 heavy (non-hydrogen) atoms. The van der Waals surface area contributed by atoms with Crippen LogP contribution in [0.15, 0.2) is 72.9 Å². The standard InChI is InChI=1S/C40H43FN4O2S/c1-26(43-21-17-32(18-22-43)44-19-5-6-20-44)25-45-35-24-36(40(46)47)48-39(35)37(28-7-3-2-4-8-28)38(45)30-12-16-34-29(23-30)11-15-33(42-34)27-9-13-31(41)14-10-27/h9-16,23-24,28,32H,1-8,17-22,25H2,(H,46,47). The predicted octanol–water partition coefficient (Wildman–Crippen LogP) is 9.54. The number of nitrogens with zero attached hydrogens (tertiary/aromatic N) is 4. The number of carbonyl (C=O) groups is 1. The predicted molar refractivity (Wildman–Crippen MR) is 193 cm³/mol. The second-order valence-corrected chi connectivity index (χ2v) is 15.0. The van der Waals surface area contributed by atoms with Crippen molar-refractivity contribution in [3.63, 3.8) is 0 Å². The Balaban J connectivity index is 1.19. The number of hydrogen-bond acceptors (Lipinski definition) is 5. The number of halogens is 1. The number of aromatic nitrogens is 2. The lowest BCUT2D eigenvalue weighted by molar-refractivity contribution is 0.0702. The van der Waals surface area contributed by atoms with Crippen LogP contribution in [0, 0.1) is 5.82 Å². The third kappa shape index (κ3) is 5.94. The Hall–Kier alpha value is -4.01. The Morgan fingerprint density at radius 1 is 0.875 bits per heavy atom. The lowest BCUT2D eigenvalue weighted by Crippen LogP contribution is -2.43. The van der Waals surface area contributed by atoms with E-state index >= 15 is 0 Å². The minimum absolute atomic E-state index is 0.259. The summed E-state index contributed by atoms with van der Waals surface area (Å²) in [6.45, 7) is 9.76. The number of allylic oxidation sites excluding steroid dienone is 1. The van der Waals surface area contributed by atoms with E-state index < -0.39 is 5.97 Å². The highest BCUT2D eigenvalue weighted by Gasteiger charge is 2.31. The van der Waals surface area contributed by atoms with Crippen molar-refractivity contribution in [1.82, 2.24) is 19.4 Å². The van der Waals surface area contributed by atoms with Gasteiger partial charge in [-0.1, -0.05) is 38.0 Å². The van der Waals surface area contributed by atoms with Gasteiger partial charge in [-0.25, -0.2) is 14.2 Å². The molecule has 0 radical (unpaired) electrons. The van der Waals surface area contributed by atoms with Gasteiger partial charge in [-0.3, -0.25) is 0 Å². The van der Waals surface area contributed by atoms with Crippen molar-refractivity contribution in [3.05, 3.63) is 89.2 Å². The van der Waals surface area contributed by atoms with Crippen molar-refractivity contribution in [2.45, 2.75) is 76.3 Å². The van der Waals surface area contributed by atoms with Crippen LogP contribution in [-0.4, -0.2) is 62.6 Å². The number of aromatic carboxylic acids is 1. The monoisotopic (exact) mass is 662 g/mol. The molecule has 0 spiro atoms. The van der Waals surface area contributed by atoms with Crippen molar-refractivity contribution >= 4 is 38.4 Å². The van der Waals surface area contributed by atoms with Gasteiger partial charge in [-0.15, -0.1) is 11.3 Å². The molecule has 0 amide bonds. The van der Waals surface area contributed by atoms with E-state index in [2.05, 4.69) is 45.2 Å². The highest BCUT2D eigenvalue weighted by molar-refractivity contribution is 7.21. The molecule has 1 N–H and O–H groups in total. The van der Waals surface area contributed by atoms with E-state index in [9.17, 15) is 14.3 Å². The summed E-state index contributed by atoms with van der Waals surface area (Å²) in [6.07, 6.45) is 10.9. The lowest BCUT2D eigenvalue weighted by atomic mass is 9.83. The second kappa shape index (κ2) is 13.1. The largest absolute Gasteiger partial charge is 0.477 e. The molecule has 248 valence electrons. The van der Waals surface area contributed by atoms with Crippen LogP contribution in [0.25, 0.3) is 43.6 Å². The molecule has 5 aromatic rings. The Morgan fingerprint density at radius 3 is 2.33 bits per heavy atom. The molecular weight excluding hydrogens is 620 g/mol. The third-order valence-corrected chi connectivity index (χ3v) is 12.2.